The van der Waals surface area contributed by atoms with E-state index in [9.17, 15) is 0 Å². The van der Waals surface area contributed by atoms with Gasteiger partial charge in [0.2, 0.25) is 0 Å². The highest BCUT2D eigenvalue weighted by molar-refractivity contribution is 7.10. The lowest BCUT2D eigenvalue weighted by molar-refractivity contribution is 0.360. The second kappa shape index (κ2) is 4.19. The molecule has 0 aliphatic rings. The number of aromatic nitrogens is 1. The highest BCUT2D eigenvalue weighted by Crippen LogP contribution is 2.28. The SMILES string of the molecule is Cc1nsc(NC(C)C(C)(C)C)c1C#N. The van der Waals surface area contributed by atoms with Gasteiger partial charge in [-0.15, -0.1) is 0 Å². The van der Waals surface area contributed by atoms with Crippen molar-refractivity contribution in [3.63, 3.8) is 0 Å². The summed E-state index contributed by atoms with van der Waals surface area (Å²) >= 11 is 1.36. The van der Waals surface area contributed by atoms with E-state index in [0.29, 0.717) is 11.6 Å². The summed E-state index contributed by atoms with van der Waals surface area (Å²) in [4.78, 5) is 0. The smallest absolute Gasteiger partial charge is 0.127 e. The van der Waals surface area contributed by atoms with E-state index in [0.717, 1.165) is 10.7 Å². The van der Waals surface area contributed by atoms with Crippen molar-refractivity contribution in [1.29, 1.82) is 5.26 Å². The quantitative estimate of drug-likeness (QED) is 0.837. The van der Waals surface area contributed by atoms with Crippen LogP contribution in [0.3, 0.4) is 0 Å². The summed E-state index contributed by atoms with van der Waals surface area (Å²) in [5, 5.41) is 13.2. The summed E-state index contributed by atoms with van der Waals surface area (Å²) in [7, 11) is 0. The van der Waals surface area contributed by atoms with Gasteiger partial charge in [-0.25, -0.2) is 0 Å². The number of hydrogen-bond acceptors (Lipinski definition) is 4. The number of hydrogen-bond donors (Lipinski definition) is 1. The molecule has 1 unspecified atom stereocenters. The predicted molar refractivity (Wildman–Crippen MR) is 64.1 cm³/mol. The number of nitriles is 1. The Labute approximate surface area is 95.3 Å². The normalized spacial score (nSPS) is 13.3. The Morgan fingerprint density at radius 2 is 2.07 bits per heavy atom. The van der Waals surface area contributed by atoms with Crippen LogP contribution in [0.1, 0.15) is 39.0 Å². The van der Waals surface area contributed by atoms with Gasteiger partial charge in [-0.2, -0.15) is 9.64 Å². The van der Waals surface area contributed by atoms with E-state index < -0.39 is 0 Å². The van der Waals surface area contributed by atoms with Crippen molar-refractivity contribution >= 4 is 16.5 Å². The standard InChI is InChI=1S/C11H17N3S/c1-7-9(6-12)10(15-14-7)13-8(2)11(3,4)5/h8,13H,1-5H3. The topological polar surface area (TPSA) is 48.7 Å². The van der Waals surface area contributed by atoms with E-state index in [1.165, 1.54) is 11.5 Å². The van der Waals surface area contributed by atoms with Crippen molar-refractivity contribution in [2.75, 3.05) is 5.32 Å². The third-order valence-corrected chi connectivity index (χ3v) is 3.49. The van der Waals surface area contributed by atoms with Crippen LogP contribution < -0.4 is 5.32 Å². The van der Waals surface area contributed by atoms with E-state index in [1.807, 2.05) is 6.92 Å². The van der Waals surface area contributed by atoms with Gasteiger partial charge in [-0.05, 0) is 30.8 Å². The third-order valence-electron chi connectivity index (χ3n) is 2.62. The summed E-state index contributed by atoms with van der Waals surface area (Å²) < 4.78 is 4.18. The minimum atomic E-state index is 0.171. The Kier molecular flexibility index (Phi) is 3.35. The highest BCUT2D eigenvalue weighted by Gasteiger charge is 2.22. The fourth-order valence-corrected chi connectivity index (χ4v) is 1.85. The summed E-state index contributed by atoms with van der Waals surface area (Å²) in [6.07, 6.45) is 0. The molecular formula is C11H17N3S. The van der Waals surface area contributed by atoms with Gasteiger partial charge in [0, 0.05) is 6.04 Å². The second-order valence-electron chi connectivity index (χ2n) is 4.82. The molecule has 1 atom stereocenters. The molecule has 3 nitrogen and oxygen atoms in total. The summed E-state index contributed by atoms with van der Waals surface area (Å²) in [6, 6.07) is 2.50. The summed E-state index contributed by atoms with van der Waals surface area (Å²) in [5.74, 6) is 0. The van der Waals surface area contributed by atoms with Crippen LogP contribution in [0, 0.1) is 23.7 Å². The zero-order valence-corrected chi connectivity index (χ0v) is 10.7. The molecule has 1 aromatic rings. The first-order valence-corrected chi connectivity index (χ1v) is 5.76. The van der Waals surface area contributed by atoms with E-state index >= 15 is 0 Å². The molecule has 0 spiro atoms. The minimum absolute atomic E-state index is 0.171. The summed E-state index contributed by atoms with van der Waals surface area (Å²) in [6.45, 7) is 10.5. The van der Waals surface area contributed by atoms with Gasteiger partial charge in [0.15, 0.2) is 0 Å². The van der Waals surface area contributed by atoms with Gasteiger partial charge in [-0.1, -0.05) is 20.8 Å². The molecule has 1 rings (SSSR count). The lowest BCUT2D eigenvalue weighted by Gasteiger charge is -2.28. The maximum absolute atomic E-state index is 8.98. The fourth-order valence-electron chi connectivity index (χ4n) is 1.01. The monoisotopic (exact) mass is 223 g/mol. The molecule has 1 N–H and O–H groups in total. The molecule has 15 heavy (non-hydrogen) atoms. The molecule has 0 aromatic carbocycles. The first-order chi connectivity index (χ1) is 6.86. The number of rotatable bonds is 2. The molecular weight excluding hydrogens is 206 g/mol. The van der Waals surface area contributed by atoms with Gasteiger partial charge in [0.05, 0.1) is 5.69 Å². The van der Waals surface area contributed by atoms with E-state index in [-0.39, 0.29) is 5.41 Å². The Bertz CT molecular complexity index is 382. The van der Waals surface area contributed by atoms with Crippen molar-refractivity contribution in [2.45, 2.75) is 40.7 Å². The fraction of sp³-hybridized carbons (Fsp3) is 0.636. The van der Waals surface area contributed by atoms with Crippen LogP contribution in [-0.2, 0) is 0 Å². The Morgan fingerprint density at radius 3 is 2.53 bits per heavy atom. The maximum atomic E-state index is 8.98. The molecule has 0 fully saturated rings. The lowest BCUT2D eigenvalue weighted by Crippen LogP contribution is -2.30. The Balaban J connectivity index is 2.87. The van der Waals surface area contributed by atoms with E-state index in [1.54, 1.807) is 0 Å². The molecule has 1 aromatic heterocycles. The van der Waals surface area contributed by atoms with Crippen LogP contribution in [-0.4, -0.2) is 10.4 Å². The molecule has 0 radical (unpaired) electrons. The molecule has 0 saturated heterocycles. The predicted octanol–water partition coefficient (Wildman–Crippen LogP) is 3.17. The molecule has 82 valence electrons. The molecule has 0 aliphatic heterocycles. The third kappa shape index (κ3) is 2.69. The van der Waals surface area contributed by atoms with Gasteiger partial charge in [0.1, 0.15) is 16.6 Å². The molecule has 0 bridgehead atoms. The van der Waals surface area contributed by atoms with Crippen LogP contribution in [0.2, 0.25) is 0 Å². The maximum Gasteiger partial charge on any atom is 0.127 e. The van der Waals surface area contributed by atoms with Gasteiger partial charge in [0.25, 0.3) is 0 Å². The first-order valence-electron chi connectivity index (χ1n) is 4.99. The minimum Gasteiger partial charge on any atom is -0.372 e. The van der Waals surface area contributed by atoms with Crippen LogP contribution in [0.15, 0.2) is 0 Å². The molecule has 0 saturated carbocycles. The van der Waals surface area contributed by atoms with Gasteiger partial charge < -0.3 is 5.32 Å². The lowest BCUT2D eigenvalue weighted by atomic mass is 9.88. The average Bonchev–Trinajstić information content (AvgIpc) is 2.45. The van der Waals surface area contributed by atoms with Gasteiger partial charge >= 0.3 is 0 Å². The van der Waals surface area contributed by atoms with Crippen molar-refractivity contribution in [1.82, 2.24) is 4.37 Å². The van der Waals surface area contributed by atoms with Crippen molar-refractivity contribution < 1.29 is 0 Å². The number of nitrogens with one attached hydrogen (secondary N) is 1. The Hall–Kier alpha value is -1.08. The molecule has 0 aliphatic carbocycles. The van der Waals surface area contributed by atoms with Crippen molar-refractivity contribution in [3.8, 4) is 6.07 Å². The number of anilines is 1. The Morgan fingerprint density at radius 1 is 1.47 bits per heavy atom. The number of aryl methyl sites for hydroxylation is 1. The van der Waals surface area contributed by atoms with Crippen LogP contribution in [0.4, 0.5) is 5.00 Å². The largest absolute Gasteiger partial charge is 0.372 e. The van der Waals surface area contributed by atoms with Crippen molar-refractivity contribution in [2.24, 2.45) is 5.41 Å². The van der Waals surface area contributed by atoms with E-state index in [2.05, 4.69) is 43.5 Å². The van der Waals surface area contributed by atoms with Gasteiger partial charge in [-0.3, -0.25) is 0 Å². The second-order valence-corrected chi connectivity index (χ2v) is 5.59. The number of nitrogens with zero attached hydrogens (tertiary/aromatic N) is 2. The first kappa shape index (κ1) is 12.0. The molecule has 4 heteroatoms. The van der Waals surface area contributed by atoms with Crippen molar-refractivity contribution in [3.05, 3.63) is 11.3 Å². The zero-order chi connectivity index (χ0) is 11.6. The van der Waals surface area contributed by atoms with Crippen LogP contribution >= 0.6 is 11.5 Å². The van der Waals surface area contributed by atoms with E-state index in [4.69, 9.17) is 5.26 Å². The highest BCUT2D eigenvalue weighted by atomic mass is 32.1. The molecule has 0 amide bonds. The average molecular weight is 223 g/mol. The summed E-state index contributed by atoms with van der Waals surface area (Å²) in [5.41, 5.74) is 1.66. The molecule has 1 heterocycles. The van der Waals surface area contributed by atoms with Crippen LogP contribution in [0.5, 0.6) is 0 Å². The zero-order valence-electron chi connectivity index (χ0n) is 9.88. The van der Waals surface area contributed by atoms with Crippen LogP contribution in [0.25, 0.3) is 0 Å².